The molecule has 0 radical (unpaired) electrons. The molecular weight excluding hydrogens is 344 g/mol. The van der Waals surface area contributed by atoms with Gasteiger partial charge in [-0.25, -0.2) is 4.98 Å². The molecule has 8 nitrogen and oxygen atoms in total. The molecule has 0 amide bonds. The molecule has 1 aromatic carbocycles. The minimum atomic E-state index is 0.458. The van der Waals surface area contributed by atoms with Gasteiger partial charge in [-0.05, 0) is 44.0 Å². The van der Waals surface area contributed by atoms with Gasteiger partial charge in [0.05, 0.1) is 18.5 Å². The van der Waals surface area contributed by atoms with E-state index in [0.29, 0.717) is 43.0 Å². The van der Waals surface area contributed by atoms with Gasteiger partial charge < -0.3 is 14.8 Å². The Kier molecular flexibility index (Phi) is 5.43. The van der Waals surface area contributed by atoms with Crippen LogP contribution in [0.15, 0.2) is 30.5 Å². The summed E-state index contributed by atoms with van der Waals surface area (Å²) in [5.41, 5.74) is 2.24. The van der Waals surface area contributed by atoms with Gasteiger partial charge in [-0.1, -0.05) is 18.1 Å². The number of fused-ring (bicyclic) bond motifs is 1. The molecule has 3 aromatic rings. The predicted octanol–water partition coefficient (Wildman–Crippen LogP) is 2.98. The molecule has 0 aliphatic heterocycles. The van der Waals surface area contributed by atoms with Crippen molar-refractivity contribution in [1.82, 2.24) is 25.0 Å². The standard InChI is InChI=1S/C19H24N6O2/c1-2-26-11-12-27-16-9-7-15(8-10-16)25-18-17(23-24-25)13-20-19(22-18)21-14-5-3-4-6-14/h7-10,13-14H,2-6,11-12H2,1H3,(H,20,21,22). The Morgan fingerprint density at radius 2 is 1.96 bits per heavy atom. The van der Waals surface area contributed by atoms with E-state index in [1.165, 1.54) is 25.7 Å². The fourth-order valence-corrected chi connectivity index (χ4v) is 3.27. The minimum absolute atomic E-state index is 0.458. The van der Waals surface area contributed by atoms with Gasteiger partial charge in [-0.3, -0.25) is 0 Å². The summed E-state index contributed by atoms with van der Waals surface area (Å²) < 4.78 is 12.7. The maximum absolute atomic E-state index is 5.66. The Bertz CT molecular complexity index is 874. The second kappa shape index (κ2) is 8.30. The van der Waals surface area contributed by atoms with Crippen LogP contribution in [-0.4, -0.2) is 50.8 Å². The van der Waals surface area contributed by atoms with Crippen molar-refractivity contribution in [3.05, 3.63) is 30.5 Å². The van der Waals surface area contributed by atoms with Crippen molar-refractivity contribution in [3.63, 3.8) is 0 Å². The smallest absolute Gasteiger partial charge is 0.225 e. The Morgan fingerprint density at radius 1 is 1.15 bits per heavy atom. The zero-order valence-electron chi connectivity index (χ0n) is 15.5. The van der Waals surface area contributed by atoms with Crippen LogP contribution in [-0.2, 0) is 4.74 Å². The van der Waals surface area contributed by atoms with Crippen LogP contribution < -0.4 is 10.1 Å². The van der Waals surface area contributed by atoms with E-state index in [0.717, 1.165) is 11.4 Å². The van der Waals surface area contributed by atoms with Crippen molar-refractivity contribution in [1.29, 1.82) is 0 Å². The third-order valence-corrected chi connectivity index (χ3v) is 4.66. The van der Waals surface area contributed by atoms with Gasteiger partial charge in [-0.2, -0.15) is 9.67 Å². The molecule has 2 aromatic heterocycles. The lowest BCUT2D eigenvalue weighted by Crippen LogP contribution is -2.16. The van der Waals surface area contributed by atoms with Crippen LogP contribution in [0.4, 0.5) is 5.95 Å². The van der Waals surface area contributed by atoms with Gasteiger partial charge in [0.2, 0.25) is 5.95 Å². The highest BCUT2D eigenvalue weighted by Crippen LogP contribution is 2.22. The van der Waals surface area contributed by atoms with E-state index in [-0.39, 0.29) is 0 Å². The average Bonchev–Trinajstić information content (AvgIpc) is 3.35. The van der Waals surface area contributed by atoms with Crippen LogP contribution in [0.25, 0.3) is 16.9 Å². The van der Waals surface area contributed by atoms with Gasteiger partial charge in [0, 0.05) is 12.6 Å². The molecule has 1 saturated carbocycles. The van der Waals surface area contributed by atoms with Crippen LogP contribution in [0.5, 0.6) is 5.75 Å². The Hall–Kier alpha value is -2.74. The SMILES string of the molecule is CCOCCOc1ccc(-n2nnc3cnc(NC4CCCC4)nc32)cc1. The van der Waals surface area contributed by atoms with Crippen LogP contribution in [0, 0.1) is 0 Å². The van der Waals surface area contributed by atoms with E-state index < -0.39 is 0 Å². The van der Waals surface area contributed by atoms with Crippen LogP contribution >= 0.6 is 0 Å². The molecule has 4 rings (SSSR count). The summed E-state index contributed by atoms with van der Waals surface area (Å²) in [6, 6.07) is 8.16. The molecule has 1 aliphatic rings. The third kappa shape index (κ3) is 4.16. The summed E-state index contributed by atoms with van der Waals surface area (Å²) in [7, 11) is 0. The Balaban J connectivity index is 1.50. The van der Waals surface area contributed by atoms with E-state index in [1.54, 1.807) is 10.9 Å². The molecule has 0 saturated heterocycles. The second-order valence-corrected chi connectivity index (χ2v) is 6.57. The van der Waals surface area contributed by atoms with Gasteiger partial charge in [-0.15, -0.1) is 5.10 Å². The monoisotopic (exact) mass is 368 g/mol. The first kappa shape index (κ1) is 17.7. The van der Waals surface area contributed by atoms with Crippen molar-refractivity contribution in [2.75, 3.05) is 25.1 Å². The summed E-state index contributed by atoms with van der Waals surface area (Å²) in [5.74, 6) is 1.43. The Labute approximate surface area is 157 Å². The maximum atomic E-state index is 5.66. The zero-order valence-corrected chi connectivity index (χ0v) is 15.5. The van der Waals surface area contributed by atoms with Gasteiger partial charge in [0.25, 0.3) is 0 Å². The molecule has 142 valence electrons. The van der Waals surface area contributed by atoms with E-state index in [9.17, 15) is 0 Å². The number of rotatable bonds is 8. The quantitative estimate of drug-likeness (QED) is 0.612. The molecule has 0 spiro atoms. The number of nitrogens with zero attached hydrogens (tertiary/aromatic N) is 5. The van der Waals surface area contributed by atoms with Crippen molar-refractivity contribution >= 4 is 17.1 Å². The topological polar surface area (TPSA) is 87.0 Å². The highest BCUT2D eigenvalue weighted by molar-refractivity contribution is 5.72. The first-order valence-electron chi connectivity index (χ1n) is 9.49. The van der Waals surface area contributed by atoms with Crippen molar-refractivity contribution in [2.45, 2.75) is 38.6 Å². The molecule has 0 unspecified atom stereocenters. The fraction of sp³-hybridized carbons (Fsp3) is 0.474. The van der Waals surface area contributed by atoms with Crippen molar-refractivity contribution in [3.8, 4) is 11.4 Å². The lowest BCUT2D eigenvalue weighted by molar-refractivity contribution is 0.110. The van der Waals surface area contributed by atoms with Crippen LogP contribution in [0.3, 0.4) is 0 Å². The molecule has 0 atom stereocenters. The summed E-state index contributed by atoms with van der Waals surface area (Å²) in [4.78, 5) is 9.01. The van der Waals surface area contributed by atoms with E-state index >= 15 is 0 Å². The molecule has 8 heteroatoms. The van der Waals surface area contributed by atoms with Gasteiger partial charge in [0.15, 0.2) is 11.2 Å². The van der Waals surface area contributed by atoms with E-state index in [2.05, 4.69) is 25.6 Å². The Morgan fingerprint density at radius 3 is 2.74 bits per heavy atom. The molecule has 1 N–H and O–H groups in total. The largest absolute Gasteiger partial charge is 0.491 e. The summed E-state index contributed by atoms with van der Waals surface area (Å²) in [6.07, 6.45) is 6.58. The highest BCUT2D eigenvalue weighted by atomic mass is 16.5. The first-order valence-corrected chi connectivity index (χ1v) is 9.49. The maximum Gasteiger partial charge on any atom is 0.225 e. The zero-order chi connectivity index (χ0) is 18.5. The molecular formula is C19H24N6O2. The van der Waals surface area contributed by atoms with Crippen molar-refractivity contribution < 1.29 is 9.47 Å². The number of hydrogen-bond acceptors (Lipinski definition) is 7. The van der Waals surface area contributed by atoms with Gasteiger partial charge >= 0.3 is 0 Å². The number of anilines is 1. The number of hydrogen-bond donors (Lipinski definition) is 1. The summed E-state index contributed by atoms with van der Waals surface area (Å²) in [6.45, 7) is 3.78. The normalized spacial score (nSPS) is 14.7. The second-order valence-electron chi connectivity index (χ2n) is 6.57. The molecule has 27 heavy (non-hydrogen) atoms. The third-order valence-electron chi connectivity index (χ3n) is 4.66. The first-order chi connectivity index (χ1) is 13.3. The van der Waals surface area contributed by atoms with Crippen LogP contribution in [0.2, 0.25) is 0 Å². The molecule has 1 fully saturated rings. The molecule has 1 aliphatic carbocycles. The lowest BCUT2D eigenvalue weighted by atomic mass is 10.2. The van der Waals surface area contributed by atoms with E-state index in [1.807, 2.05) is 31.2 Å². The van der Waals surface area contributed by atoms with E-state index in [4.69, 9.17) is 9.47 Å². The molecule has 0 bridgehead atoms. The highest BCUT2D eigenvalue weighted by Gasteiger charge is 2.17. The minimum Gasteiger partial charge on any atom is -0.491 e. The number of nitrogens with one attached hydrogen (secondary N) is 1. The van der Waals surface area contributed by atoms with Crippen LogP contribution in [0.1, 0.15) is 32.6 Å². The average molecular weight is 368 g/mol. The van der Waals surface area contributed by atoms with Crippen molar-refractivity contribution in [2.24, 2.45) is 0 Å². The summed E-state index contributed by atoms with van der Waals surface area (Å²) >= 11 is 0. The number of ether oxygens (including phenoxy) is 2. The van der Waals surface area contributed by atoms with Gasteiger partial charge in [0.1, 0.15) is 12.4 Å². The number of aromatic nitrogens is 5. The fourth-order valence-electron chi connectivity index (χ4n) is 3.27. The molecule has 2 heterocycles. The predicted molar refractivity (Wildman–Crippen MR) is 102 cm³/mol. The summed E-state index contributed by atoms with van der Waals surface area (Å²) in [5, 5.41) is 11.8. The lowest BCUT2D eigenvalue weighted by Gasteiger charge is -2.11. The number of benzene rings is 1.